The van der Waals surface area contributed by atoms with E-state index in [4.69, 9.17) is 0 Å². The molecular weight excluding hydrogens is 242 g/mol. The van der Waals surface area contributed by atoms with E-state index in [0.29, 0.717) is 11.3 Å². The minimum atomic E-state index is 0.504. The zero-order valence-electron chi connectivity index (χ0n) is 13.0. The molecule has 2 aliphatic rings. The van der Waals surface area contributed by atoms with E-state index < -0.39 is 0 Å². The van der Waals surface area contributed by atoms with Gasteiger partial charge in [-0.3, -0.25) is 0 Å². The molecule has 1 heteroatoms. The summed E-state index contributed by atoms with van der Waals surface area (Å²) in [6, 6.07) is 4.73. The Labute approximate surface area is 121 Å². The molecule has 2 aromatic rings. The van der Waals surface area contributed by atoms with Crippen LogP contribution in [-0.4, -0.2) is 4.98 Å². The molecule has 1 saturated carbocycles. The van der Waals surface area contributed by atoms with Gasteiger partial charge in [-0.2, -0.15) is 0 Å². The second-order valence-electron chi connectivity index (χ2n) is 7.34. The molecule has 106 valence electrons. The van der Waals surface area contributed by atoms with Gasteiger partial charge in [-0.25, -0.2) is 0 Å². The molecule has 1 N–H and O–H groups in total. The molecule has 1 aromatic heterocycles. The van der Waals surface area contributed by atoms with E-state index in [2.05, 4.69) is 37.9 Å². The average Bonchev–Trinajstić information content (AvgIpc) is 2.89. The second kappa shape index (κ2) is 4.13. The number of aromatic amines is 1. The highest BCUT2D eigenvalue weighted by atomic mass is 14.7. The van der Waals surface area contributed by atoms with Gasteiger partial charge in [-0.15, -0.1) is 0 Å². The van der Waals surface area contributed by atoms with E-state index in [1.165, 1.54) is 60.7 Å². The Morgan fingerprint density at radius 1 is 1.10 bits per heavy atom. The number of fused-ring (bicyclic) bond motifs is 4. The molecule has 1 fully saturated rings. The second-order valence-corrected chi connectivity index (χ2v) is 7.34. The fourth-order valence-corrected chi connectivity index (χ4v) is 5.26. The van der Waals surface area contributed by atoms with E-state index in [9.17, 15) is 0 Å². The Hall–Kier alpha value is -1.24. The van der Waals surface area contributed by atoms with E-state index in [-0.39, 0.29) is 0 Å². The molecule has 20 heavy (non-hydrogen) atoms. The Kier molecular flexibility index (Phi) is 2.58. The highest BCUT2D eigenvalue weighted by Gasteiger charge is 2.44. The fourth-order valence-electron chi connectivity index (χ4n) is 5.26. The normalized spacial score (nSPS) is 24.4. The van der Waals surface area contributed by atoms with Crippen molar-refractivity contribution in [1.82, 2.24) is 4.98 Å². The zero-order valence-corrected chi connectivity index (χ0v) is 13.0. The molecular formula is C19H25N. The van der Waals surface area contributed by atoms with Gasteiger partial charge in [0.15, 0.2) is 0 Å². The SMILES string of the molecule is Cc1cc2cc(C)c3c(c2[nH]1)C(C)CC31CCCCC1. The first-order chi connectivity index (χ1) is 9.61. The Balaban J connectivity index is 2.01. The molecule has 0 saturated heterocycles. The lowest BCUT2D eigenvalue weighted by Crippen LogP contribution is -2.27. The van der Waals surface area contributed by atoms with Crippen LogP contribution in [0.25, 0.3) is 10.9 Å². The summed E-state index contributed by atoms with van der Waals surface area (Å²) in [4.78, 5) is 3.64. The smallest absolute Gasteiger partial charge is 0.0494 e. The van der Waals surface area contributed by atoms with Gasteiger partial charge in [0.05, 0.1) is 0 Å². The van der Waals surface area contributed by atoms with E-state index in [1.54, 1.807) is 11.1 Å². The first-order valence-electron chi connectivity index (χ1n) is 8.24. The standard InChI is InChI=1S/C19H25N/c1-12-9-15-10-14(3)20-18(15)16-13(2)11-19(17(12)16)7-5-4-6-8-19/h9-10,13,20H,4-8,11H2,1-3H3. The number of hydrogen-bond donors (Lipinski definition) is 1. The molecule has 0 amide bonds. The number of aryl methyl sites for hydroxylation is 2. The Morgan fingerprint density at radius 3 is 2.60 bits per heavy atom. The predicted molar refractivity (Wildman–Crippen MR) is 85.6 cm³/mol. The molecule has 1 heterocycles. The van der Waals surface area contributed by atoms with Gasteiger partial charge in [0, 0.05) is 16.6 Å². The van der Waals surface area contributed by atoms with Gasteiger partial charge in [0.25, 0.3) is 0 Å². The summed E-state index contributed by atoms with van der Waals surface area (Å²) in [6.45, 7) is 6.96. The summed E-state index contributed by atoms with van der Waals surface area (Å²) in [5, 5.41) is 1.42. The van der Waals surface area contributed by atoms with Crippen molar-refractivity contribution in [2.75, 3.05) is 0 Å². The van der Waals surface area contributed by atoms with Gasteiger partial charge in [-0.1, -0.05) is 26.2 Å². The van der Waals surface area contributed by atoms with Crippen LogP contribution in [0.5, 0.6) is 0 Å². The summed E-state index contributed by atoms with van der Waals surface area (Å²) in [7, 11) is 0. The largest absolute Gasteiger partial charge is 0.358 e. The van der Waals surface area contributed by atoms with Gasteiger partial charge in [0.2, 0.25) is 0 Å². The minimum absolute atomic E-state index is 0.504. The molecule has 4 rings (SSSR count). The van der Waals surface area contributed by atoms with E-state index in [0.717, 1.165) is 0 Å². The summed E-state index contributed by atoms with van der Waals surface area (Å²) >= 11 is 0. The van der Waals surface area contributed by atoms with Crippen molar-refractivity contribution in [3.8, 4) is 0 Å². The predicted octanol–water partition coefficient (Wildman–Crippen LogP) is 5.49. The molecule has 1 atom stereocenters. The average molecular weight is 267 g/mol. The number of benzene rings is 1. The molecule has 1 aromatic carbocycles. The van der Waals surface area contributed by atoms with Crippen molar-refractivity contribution >= 4 is 10.9 Å². The van der Waals surface area contributed by atoms with Crippen LogP contribution in [0, 0.1) is 13.8 Å². The van der Waals surface area contributed by atoms with Crippen molar-refractivity contribution in [3.63, 3.8) is 0 Å². The molecule has 1 spiro atoms. The van der Waals surface area contributed by atoms with E-state index >= 15 is 0 Å². The first-order valence-corrected chi connectivity index (χ1v) is 8.24. The number of rotatable bonds is 0. The monoisotopic (exact) mass is 267 g/mol. The molecule has 1 unspecified atom stereocenters. The highest BCUT2D eigenvalue weighted by molar-refractivity contribution is 5.87. The highest BCUT2D eigenvalue weighted by Crippen LogP contribution is 2.56. The summed E-state index contributed by atoms with van der Waals surface area (Å²) in [5.41, 5.74) is 8.14. The van der Waals surface area contributed by atoms with Crippen LogP contribution in [0.15, 0.2) is 12.1 Å². The van der Waals surface area contributed by atoms with Crippen molar-refractivity contribution in [1.29, 1.82) is 0 Å². The van der Waals surface area contributed by atoms with Crippen molar-refractivity contribution < 1.29 is 0 Å². The third kappa shape index (κ3) is 1.55. The number of aromatic nitrogens is 1. The minimum Gasteiger partial charge on any atom is -0.358 e. The van der Waals surface area contributed by atoms with Gasteiger partial charge in [-0.05, 0) is 73.3 Å². The summed E-state index contributed by atoms with van der Waals surface area (Å²) in [5.74, 6) is 0.712. The van der Waals surface area contributed by atoms with Gasteiger partial charge in [0.1, 0.15) is 0 Å². The topological polar surface area (TPSA) is 15.8 Å². The molecule has 0 radical (unpaired) electrons. The number of H-pyrrole nitrogens is 1. The van der Waals surface area contributed by atoms with Crippen molar-refractivity contribution in [3.05, 3.63) is 34.5 Å². The molecule has 0 aliphatic heterocycles. The van der Waals surface area contributed by atoms with Crippen LogP contribution in [0.3, 0.4) is 0 Å². The molecule has 0 bridgehead atoms. The van der Waals surface area contributed by atoms with Crippen molar-refractivity contribution in [2.24, 2.45) is 0 Å². The number of hydrogen-bond acceptors (Lipinski definition) is 0. The third-order valence-corrected chi connectivity index (χ3v) is 5.82. The lowest BCUT2D eigenvalue weighted by molar-refractivity contribution is 0.282. The summed E-state index contributed by atoms with van der Waals surface area (Å²) in [6.07, 6.45) is 8.49. The zero-order chi connectivity index (χ0) is 13.9. The van der Waals surface area contributed by atoms with Crippen LogP contribution in [0.4, 0.5) is 0 Å². The van der Waals surface area contributed by atoms with Crippen LogP contribution >= 0.6 is 0 Å². The van der Waals surface area contributed by atoms with Crippen LogP contribution in [0.2, 0.25) is 0 Å². The van der Waals surface area contributed by atoms with Crippen LogP contribution in [-0.2, 0) is 5.41 Å². The van der Waals surface area contributed by atoms with E-state index in [1.807, 2.05) is 0 Å². The maximum atomic E-state index is 3.64. The maximum absolute atomic E-state index is 3.64. The van der Waals surface area contributed by atoms with Crippen molar-refractivity contribution in [2.45, 2.75) is 70.6 Å². The quantitative estimate of drug-likeness (QED) is 0.649. The lowest BCUT2D eigenvalue weighted by Gasteiger charge is -2.35. The van der Waals surface area contributed by atoms with Gasteiger partial charge < -0.3 is 4.98 Å². The first kappa shape index (κ1) is 12.5. The van der Waals surface area contributed by atoms with Gasteiger partial charge >= 0.3 is 0 Å². The Morgan fingerprint density at radius 2 is 1.85 bits per heavy atom. The maximum Gasteiger partial charge on any atom is 0.0494 e. The van der Waals surface area contributed by atoms with Crippen LogP contribution < -0.4 is 0 Å². The fraction of sp³-hybridized carbons (Fsp3) is 0.579. The lowest BCUT2D eigenvalue weighted by atomic mass is 9.69. The summed E-state index contributed by atoms with van der Waals surface area (Å²) < 4.78 is 0. The molecule has 2 aliphatic carbocycles. The number of nitrogens with one attached hydrogen (secondary N) is 1. The molecule has 1 nitrogen and oxygen atoms in total. The third-order valence-electron chi connectivity index (χ3n) is 5.82. The van der Waals surface area contributed by atoms with Crippen LogP contribution in [0.1, 0.15) is 73.8 Å². The Bertz CT molecular complexity index is 671.